The molecule has 1 N–H and O–H groups in total. The lowest BCUT2D eigenvalue weighted by Gasteiger charge is -2.34. The molecule has 1 aromatic carbocycles. The van der Waals surface area contributed by atoms with Crippen LogP contribution in [-0.2, 0) is 20.8 Å². The molecule has 0 radical (unpaired) electrons. The highest BCUT2D eigenvalue weighted by atomic mass is 16.4. The lowest BCUT2D eigenvalue weighted by atomic mass is 9.94. The van der Waals surface area contributed by atoms with Crippen LogP contribution >= 0.6 is 0 Å². The van der Waals surface area contributed by atoms with Gasteiger partial charge in [0.15, 0.2) is 0 Å². The number of carboxylic acids is 1. The molecule has 1 fully saturated rings. The van der Waals surface area contributed by atoms with Crippen LogP contribution in [0.4, 0.5) is 0 Å². The van der Waals surface area contributed by atoms with Gasteiger partial charge in [-0.05, 0) is 31.7 Å². The number of hydrogen-bond donors (Lipinski definition) is 1. The minimum Gasteiger partial charge on any atom is -0.480 e. The average Bonchev–Trinajstić information content (AvgIpc) is 2.65. The van der Waals surface area contributed by atoms with Gasteiger partial charge in [-0.1, -0.05) is 30.3 Å². The molecule has 1 aliphatic rings. The van der Waals surface area contributed by atoms with Gasteiger partial charge in [-0.3, -0.25) is 9.59 Å². The Hall–Kier alpha value is -2.37. The molecule has 6 nitrogen and oxygen atoms in total. The number of likely N-dealkylation sites (N-methyl/N-ethyl adjacent to an activating group) is 1. The summed E-state index contributed by atoms with van der Waals surface area (Å²) >= 11 is 0. The van der Waals surface area contributed by atoms with Gasteiger partial charge in [0.05, 0.1) is 0 Å². The van der Waals surface area contributed by atoms with Crippen LogP contribution in [0.3, 0.4) is 0 Å². The first-order valence-corrected chi connectivity index (χ1v) is 8.71. The fourth-order valence-corrected chi connectivity index (χ4v) is 3.07. The van der Waals surface area contributed by atoms with Gasteiger partial charge in [0.2, 0.25) is 11.8 Å². The van der Waals surface area contributed by atoms with Crippen LogP contribution in [-0.4, -0.2) is 58.9 Å². The van der Waals surface area contributed by atoms with Crippen molar-refractivity contribution in [1.29, 1.82) is 0 Å². The van der Waals surface area contributed by atoms with E-state index in [2.05, 4.69) is 0 Å². The van der Waals surface area contributed by atoms with Crippen LogP contribution < -0.4 is 0 Å². The first kappa shape index (κ1) is 19.0. The third-order valence-corrected chi connectivity index (χ3v) is 4.95. The van der Waals surface area contributed by atoms with Gasteiger partial charge in [-0.2, -0.15) is 0 Å². The third kappa shape index (κ3) is 5.05. The first-order valence-electron chi connectivity index (χ1n) is 8.71. The molecular weight excluding hydrogens is 320 g/mol. The maximum absolute atomic E-state index is 12.4. The Balaban J connectivity index is 1.79. The van der Waals surface area contributed by atoms with Crippen molar-refractivity contribution in [3.05, 3.63) is 35.9 Å². The van der Waals surface area contributed by atoms with Crippen LogP contribution in [0.1, 0.15) is 31.7 Å². The quantitative estimate of drug-likeness (QED) is 0.852. The van der Waals surface area contributed by atoms with Crippen molar-refractivity contribution in [2.24, 2.45) is 5.92 Å². The van der Waals surface area contributed by atoms with E-state index in [0.29, 0.717) is 32.4 Å². The predicted molar refractivity (Wildman–Crippen MR) is 93.9 cm³/mol. The summed E-state index contributed by atoms with van der Waals surface area (Å²) in [6.07, 6.45) is 2.37. The van der Waals surface area contributed by atoms with Crippen LogP contribution in [0.5, 0.6) is 0 Å². The second kappa shape index (κ2) is 8.65. The lowest BCUT2D eigenvalue weighted by Crippen LogP contribution is -2.47. The van der Waals surface area contributed by atoms with Gasteiger partial charge in [-0.25, -0.2) is 4.79 Å². The van der Waals surface area contributed by atoms with Crippen molar-refractivity contribution in [3.63, 3.8) is 0 Å². The normalized spacial score (nSPS) is 16.3. The lowest BCUT2D eigenvalue weighted by molar-refractivity contribution is -0.151. The van der Waals surface area contributed by atoms with Crippen LogP contribution in [0.15, 0.2) is 30.3 Å². The second-order valence-corrected chi connectivity index (χ2v) is 6.60. The number of carbonyl (C=O) groups excluding carboxylic acids is 2. The Labute approximate surface area is 148 Å². The zero-order chi connectivity index (χ0) is 18.4. The van der Waals surface area contributed by atoms with E-state index in [4.69, 9.17) is 5.11 Å². The van der Waals surface area contributed by atoms with Gasteiger partial charge in [0.25, 0.3) is 0 Å². The van der Waals surface area contributed by atoms with Gasteiger partial charge >= 0.3 is 5.97 Å². The van der Waals surface area contributed by atoms with Crippen molar-refractivity contribution in [2.75, 3.05) is 20.1 Å². The summed E-state index contributed by atoms with van der Waals surface area (Å²) in [5, 5.41) is 9.02. The minimum absolute atomic E-state index is 0.113. The minimum atomic E-state index is -1.01. The van der Waals surface area contributed by atoms with Crippen LogP contribution in [0, 0.1) is 5.92 Å². The monoisotopic (exact) mass is 346 g/mol. The number of aliphatic carboxylic acids is 1. The Kier molecular flexibility index (Phi) is 6.56. The Morgan fingerprint density at radius 2 is 1.80 bits per heavy atom. The van der Waals surface area contributed by atoms with Gasteiger partial charge in [0, 0.05) is 32.5 Å². The Morgan fingerprint density at radius 1 is 1.20 bits per heavy atom. The number of likely N-dealkylation sites (tertiary alicyclic amines) is 1. The average molecular weight is 346 g/mol. The highest BCUT2D eigenvalue weighted by Crippen LogP contribution is 2.21. The summed E-state index contributed by atoms with van der Waals surface area (Å²) in [4.78, 5) is 38.8. The SMILES string of the molecule is CC(C(=O)O)N(C)C(=O)C1CCN(C(=O)CCc2ccccc2)CC1. The molecule has 1 heterocycles. The van der Waals surface area contributed by atoms with Crippen LogP contribution in [0.25, 0.3) is 0 Å². The fourth-order valence-electron chi connectivity index (χ4n) is 3.07. The molecule has 6 heteroatoms. The molecule has 0 aliphatic carbocycles. The van der Waals surface area contributed by atoms with Crippen molar-refractivity contribution in [3.8, 4) is 0 Å². The molecule has 1 saturated heterocycles. The van der Waals surface area contributed by atoms with E-state index >= 15 is 0 Å². The zero-order valence-corrected chi connectivity index (χ0v) is 14.9. The summed E-state index contributed by atoms with van der Waals surface area (Å²) in [6, 6.07) is 9.07. The summed E-state index contributed by atoms with van der Waals surface area (Å²) in [5.74, 6) is -1.25. The van der Waals surface area contributed by atoms with E-state index < -0.39 is 12.0 Å². The van der Waals surface area contributed by atoms with Crippen molar-refractivity contribution < 1.29 is 19.5 Å². The molecule has 0 spiro atoms. The number of carbonyl (C=O) groups is 3. The number of aryl methyl sites for hydroxylation is 1. The zero-order valence-electron chi connectivity index (χ0n) is 14.9. The van der Waals surface area contributed by atoms with Gasteiger partial charge < -0.3 is 14.9 Å². The molecule has 1 aliphatic heterocycles. The van der Waals surface area contributed by atoms with Crippen molar-refractivity contribution >= 4 is 17.8 Å². The third-order valence-electron chi connectivity index (χ3n) is 4.95. The fraction of sp³-hybridized carbons (Fsp3) is 0.526. The maximum atomic E-state index is 12.4. The van der Waals surface area contributed by atoms with Gasteiger partial charge in [-0.15, -0.1) is 0 Å². The first-order chi connectivity index (χ1) is 11.9. The number of nitrogens with zero attached hydrogens (tertiary/aromatic N) is 2. The molecule has 2 rings (SSSR count). The van der Waals surface area contributed by atoms with E-state index in [1.165, 1.54) is 18.9 Å². The number of carboxylic acid groups (broad SMARTS) is 1. The van der Waals surface area contributed by atoms with Crippen molar-refractivity contribution in [2.45, 2.75) is 38.6 Å². The number of rotatable bonds is 6. The number of hydrogen-bond acceptors (Lipinski definition) is 3. The molecule has 1 atom stereocenters. The molecule has 1 unspecified atom stereocenters. The standard InChI is InChI=1S/C19H26N2O4/c1-14(19(24)25)20(2)18(23)16-10-12-21(13-11-16)17(22)9-8-15-6-4-3-5-7-15/h3-7,14,16H,8-13H2,1-2H3,(H,24,25). The highest BCUT2D eigenvalue weighted by Gasteiger charge is 2.31. The van der Waals surface area contributed by atoms with Crippen LogP contribution in [0.2, 0.25) is 0 Å². The molecule has 0 bridgehead atoms. The molecule has 1 aromatic rings. The molecule has 25 heavy (non-hydrogen) atoms. The van der Waals surface area contributed by atoms with E-state index in [-0.39, 0.29) is 17.7 Å². The molecule has 0 aromatic heterocycles. The maximum Gasteiger partial charge on any atom is 0.326 e. The van der Waals surface area contributed by atoms with E-state index in [9.17, 15) is 14.4 Å². The summed E-state index contributed by atoms with van der Waals surface area (Å²) < 4.78 is 0. The topological polar surface area (TPSA) is 77.9 Å². The molecule has 136 valence electrons. The number of piperidine rings is 1. The smallest absolute Gasteiger partial charge is 0.326 e. The second-order valence-electron chi connectivity index (χ2n) is 6.60. The van der Waals surface area contributed by atoms with E-state index in [1.807, 2.05) is 35.2 Å². The molecule has 2 amide bonds. The molecular formula is C19H26N2O4. The number of benzene rings is 1. The Morgan fingerprint density at radius 3 is 2.36 bits per heavy atom. The van der Waals surface area contributed by atoms with E-state index in [1.54, 1.807) is 0 Å². The van der Waals surface area contributed by atoms with Gasteiger partial charge in [0.1, 0.15) is 6.04 Å². The Bertz CT molecular complexity index is 609. The number of amides is 2. The molecule has 0 saturated carbocycles. The highest BCUT2D eigenvalue weighted by molar-refractivity contribution is 5.85. The van der Waals surface area contributed by atoms with Crippen molar-refractivity contribution in [1.82, 2.24) is 9.80 Å². The summed E-state index contributed by atoms with van der Waals surface area (Å²) in [6.45, 7) is 2.61. The van der Waals surface area contributed by atoms with E-state index in [0.717, 1.165) is 12.0 Å². The summed E-state index contributed by atoms with van der Waals surface area (Å²) in [7, 11) is 1.53. The largest absolute Gasteiger partial charge is 0.480 e. The predicted octanol–water partition coefficient (Wildman–Crippen LogP) is 1.79. The summed E-state index contributed by atoms with van der Waals surface area (Å²) in [5.41, 5.74) is 1.14.